The van der Waals surface area contributed by atoms with E-state index in [0.717, 1.165) is 17.7 Å². The van der Waals surface area contributed by atoms with Crippen molar-refractivity contribution in [2.45, 2.75) is 48.7 Å². The van der Waals surface area contributed by atoms with Crippen LogP contribution in [0.1, 0.15) is 25.3 Å². The molecule has 0 amide bonds. The first-order chi connectivity index (χ1) is 13.4. The highest BCUT2D eigenvalue weighted by molar-refractivity contribution is 5.87. The van der Waals surface area contributed by atoms with Gasteiger partial charge in [-0.2, -0.15) is 0 Å². The van der Waals surface area contributed by atoms with E-state index in [1.807, 2.05) is 24.3 Å². The first-order valence-electron chi connectivity index (χ1n) is 9.95. The molecule has 5 aliphatic rings. The number of anilines is 1. The molecule has 4 fully saturated rings. The van der Waals surface area contributed by atoms with Gasteiger partial charge in [0.2, 0.25) is 5.72 Å². The predicted molar refractivity (Wildman–Crippen MR) is 98.5 cm³/mol. The quantitative estimate of drug-likeness (QED) is 0.577. The van der Waals surface area contributed by atoms with E-state index < -0.39 is 17.1 Å². The van der Waals surface area contributed by atoms with Crippen molar-refractivity contribution in [3.63, 3.8) is 0 Å². The third kappa shape index (κ3) is 1.58. The number of epoxide rings is 1. The lowest BCUT2D eigenvalue weighted by atomic mass is 9.50. The van der Waals surface area contributed by atoms with E-state index >= 15 is 0 Å². The van der Waals surface area contributed by atoms with Gasteiger partial charge in [-0.1, -0.05) is 18.2 Å². The van der Waals surface area contributed by atoms with Crippen LogP contribution in [0.3, 0.4) is 0 Å². The van der Waals surface area contributed by atoms with Gasteiger partial charge < -0.3 is 19.5 Å². The lowest BCUT2D eigenvalue weighted by molar-refractivity contribution is -0.189. The summed E-state index contributed by atoms with van der Waals surface area (Å²) in [5, 5.41) is 3.55. The fourth-order valence-electron chi connectivity index (χ4n) is 7.05. The number of likely N-dealkylation sites (N-methyl/N-ethyl adjacent to an activating group) is 1. The highest BCUT2D eigenvalue weighted by Gasteiger charge is 2.82. The van der Waals surface area contributed by atoms with Crippen LogP contribution in [0.25, 0.3) is 0 Å². The topological polar surface area (TPSA) is 80.4 Å². The normalized spacial score (nSPS) is 47.6. The van der Waals surface area contributed by atoms with Crippen LogP contribution in [0.15, 0.2) is 24.3 Å². The molecular weight excluding hydrogens is 360 g/mol. The summed E-state index contributed by atoms with van der Waals surface area (Å²) in [6, 6.07) is 7.90. The molecule has 7 nitrogen and oxygen atoms in total. The molecular formula is C21H24N2O5. The minimum atomic E-state index is -0.961. The maximum Gasteiger partial charge on any atom is 0.310 e. The Morgan fingerprint density at radius 2 is 2.11 bits per heavy atom. The van der Waals surface area contributed by atoms with Crippen molar-refractivity contribution >= 4 is 17.6 Å². The second-order valence-corrected chi connectivity index (χ2v) is 9.02. The number of methoxy groups -OCH3 is 1. The summed E-state index contributed by atoms with van der Waals surface area (Å²) in [5.74, 6) is -1.08. The molecule has 1 aliphatic carbocycles. The van der Waals surface area contributed by atoms with E-state index in [9.17, 15) is 9.59 Å². The zero-order valence-corrected chi connectivity index (χ0v) is 16.2. The molecule has 1 saturated carbocycles. The molecule has 0 unspecified atom stereocenters. The zero-order valence-electron chi connectivity index (χ0n) is 16.2. The fourth-order valence-corrected chi connectivity index (χ4v) is 7.05. The summed E-state index contributed by atoms with van der Waals surface area (Å²) in [5.41, 5.74) is -0.214. The SMILES string of the molecule is COC(=O)[C@@H]1[C@H]2C[C@H](N(C)C[C@]23O[C@H]3C)[C@@]23Nc4ccccc4[C@@]12CC(=O)O3. The second-order valence-electron chi connectivity index (χ2n) is 9.02. The van der Waals surface area contributed by atoms with Gasteiger partial charge in [0.15, 0.2) is 0 Å². The lowest BCUT2D eigenvalue weighted by Gasteiger charge is -2.59. The van der Waals surface area contributed by atoms with Crippen LogP contribution in [0.2, 0.25) is 0 Å². The fraction of sp³-hybridized carbons (Fsp3) is 0.619. The Morgan fingerprint density at radius 3 is 2.82 bits per heavy atom. The van der Waals surface area contributed by atoms with Crippen molar-refractivity contribution in [2.24, 2.45) is 11.8 Å². The van der Waals surface area contributed by atoms with Crippen molar-refractivity contribution in [1.82, 2.24) is 4.90 Å². The van der Waals surface area contributed by atoms with Crippen LogP contribution >= 0.6 is 0 Å². The number of benzene rings is 1. The number of hydrogen-bond acceptors (Lipinski definition) is 7. The summed E-state index contributed by atoms with van der Waals surface area (Å²) < 4.78 is 17.6. The van der Waals surface area contributed by atoms with Gasteiger partial charge in [-0.15, -0.1) is 0 Å². The van der Waals surface area contributed by atoms with Gasteiger partial charge in [-0.3, -0.25) is 14.5 Å². The minimum Gasteiger partial charge on any atom is -0.469 e. The maximum atomic E-state index is 13.3. The number of carbonyl (C=O) groups is 2. The third-order valence-electron chi connectivity index (χ3n) is 8.11. The Labute approximate surface area is 163 Å². The average Bonchev–Trinajstić information content (AvgIpc) is 3.05. The van der Waals surface area contributed by atoms with Crippen molar-refractivity contribution in [3.8, 4) is 0 Å². The molecule has 7 heteroatoms. The largest absolute Gasteiger partial charge is 0.469 e. The molecule has 7 atom stereocenters. The monoisotopic (exact) mass is 384 g/mol. The highest BCUT2D eigenvalue weighted by atomic mass is 16.6. The highest BCUT2D eigenvalue weighted by Crippen LogP contribution is 2.70. The van der Waals surface area contributed by atoms with Gasteiger partial charge in [0.05, 0.1) is 37.0 Å². The third-order valence-corrected chi connectivity index (χ3v) is 8.11. The van der Waals surface area contributed by atoms with E-state index in [1.54, 1.807) is 0 Å². The molecule has 0 aromatic heterocycles. The maximum absolute atomic E-state index is 13.3. The standard InChI is InChI=1S/C21H24N2O5/c1-11-20(27-11)10-23(2)15-8-13(20)17(18(25)26-3)19-9-16(24)28-21(15,19)22-14-7-5-4-6-12(14)19/h4-7,11,13,15,17,22H,8-10H2,1-3H3/t11-,13+,15-,17-,19-,20+,21-/m0/s1. The Hall–Kier alpha value is -2.12. The first kappa shape index (κ1) is 16.8. The van der Waals surface area contributed by atoms with Gasteiger partial charge in [-0.05, 0) is 32.0 Å². The molecule has 148 valence electrons. The molecule has 1 spiro atoms. The Morgan fingerprint density at radius 1 is 1.36 bits per heavy atom. The Bertz CT molecular complexity index is 920. The minimum absolute atomic E-state index is 0.0215. The first-order valence-corrected chi connectivity index (χ1v) is 9.95. The Kier molecular flexibility index (Phi) is 2.93. The molecule has 4 heterocycles. The van der Waals surface area contributed by atoms with Crippen LogP contribution in [0.4, 0.5) is 5.69 Å². The number of ether oxygens (including phenoxy) is 3. The van der Waals surface area contributed by atoms with Crippen molar-refractivity contribution in [1.29, 1.82) is 0 Å². The zero-order chi connectivity index (χ0) is 19.5. The Balaban J connectivity index is 1.65. The molecule has 6 rings (SSSR count). The number of nitrogens with one attached hydrogen (secondary N) is 1. The van der Waals surface area contributed by atoms with E-state index in [0.29, 0.717) is 6.54 Å². The van der Waals surface area contributed by atoms with Crippen molar-refractivity contribution in [3.05, 3.63) is 29.8 Å². The molecule has 3 saturated heterocycles. The second kappa shape index (κ2) is 4.89. The molecule has 0 radical (unpaired) electrons. The van der Waals surface area contributed by atoms with Gasteiger partial charge in [0.1, 0.15) is 5.60 Å². The van der Waals surface area contributed by atoms with Crippen LogP contribution in [0.5, 0.6) is 0 Å². The van der Waals surface area contributed by atoms with E-state index in [2.05, 4.69) is 24.2 Å². The number of para-hydroxylation sites is 1. The van der Waals surface area contributed by atoms with E-state index in [-0.39, 0.29) is 42.0 Å². The number of nitrogens with zero attached hydrogens (tertiary/aromatic N) is 1. The van der Waals surface area contributed by atoms with Crippen LogP contribution < -0.4 is 5.32 Å². The summed E-state index contributed by atoms with van der Waals surface area (Å²) in [4.78, 5) is 28.3. The molecule has 1 aromatic rings. The molecule has 1 aromatic carbocycles. The van der Waals surface area contributed by atoms with E-state index in [4.69, 9.17) is 14.2 Å². The van der Waals surface area contributed by atoms with Gasteiger partial charge >= 0.3 is 11.9 Å². The number of fused-ring (bicyclic) bond motifs is 4. The molecule has 28 heavy (non-hydrogen) atoms. The van der Waals surface area contributed by atoms with Gasteiger partial charge in [0.25, 0.3) is 0 Å². The smallest absolute Gasteiger partial charge is 0.310 e. The lowest BCUT2D eigenvalue weighted by Crippen LogP contribution is -2.75. The molecule has 4 aliphatic heterocycles. The molecule has 2 bridgehead atoms. The average molecular weight is 384 g/mol. The number of hydrogen-bond donors (Lipinski definition) is 1. The van der Waals surface area contributed by atoms with Gasteiger partial charge in [0, 0.05) is 18.2 Å². The van der Waals surface area contributed by atoms with Crippen molar-refractivity contribution < 1.29 is 23.8 Å². The van der Waals surface area contributed by atoms with E-state index in [1.165, 1.54) is 7.11 Å². The number of likely N-dealkylation sites (tertiary alicyclic amines) is 1. The number of rotatable bonds is 1. The predicted octanol–water partition coefficient (Wildman–Crippen LogP) is 1.27. The number of piperidine rings is 1. The van der Waals surface area contributed by atoms with Gasteiger partial charge in [-0.25, -0.2) is 0 Å². The number of esters is 2. The van der Waals surface area contributed by atoms with Crippen LogP contribution in [0, 0.1) is 11.8 Å². The van der Waals surface area contributed by atoms with Crippen LogP contribution in [-0.4, -0.2) is 61.0 Å². The van der Waals surface area contributed by atoms with Crippen molar-refractivity contribution in [2.75, 3.05) is 26.0 Å². The summed E-state index contributed by atoms with van der Waals surface area (Å²) in [7, 11) is 3.49. The summed E-state index contributed by atoms with van der Waals surface area (Å²) in [6.45, 7) is 2.78. The summed E-state index contributed by atoms with van der Waals surface area (Å²) >= 11 is 0. The molecule has 1 N–H and O–H groups in total. The number of carbonyl (C=O) groups excluding carboxylic acids is 2. The van der Waals surface area contributed by atoms with Crippen LogP contribution in [-0.2, 0) is 29.2 Å². The summed E-state index contributed by atoms with van der Waals surface area (Å²) in [6.07, 6.45) is 0.971.